The smallest absolute Gasteiger partial charge is 0.270 e. The molecular formula is C22H24N6O2S. The van der Waals surface area contributed by atoms with Crippen molar-refractivity contribution in [3.63, 3.8) is 0 Å². The summed E-state index contributed by atoms with van der Waals surface area (Å²) in [5, 5.41) is 7.53. The van der Waals surface area contributed by atoms with Crippen molar-refractivity contribution in [1.29, 1.82) is 0 Å². The molecule has 1 aliphatic heterocycles. The molecule has 160 valence electrons. The largest absolute Gasteiger partial charge is 0.364 e. The van der Waals surface area contributed by atoms with Gasteiger partial charge in [-0.2, -0.15) is 0 Å². The number of nitrogens with one attached hydrogen (secondary N) is 2. The third-order valence-electron chi connectivity index (χ3n) is 5.02. The molecule has 1 atom stereocenters. The Morgan fingerprint density at radius 1 is 1.16 bits per heavy atom. The molecule has 1 aromatic carbocycles. The van der Waals surface area contributed by atoms with Crippen LogP contribution < -0.4 is 21.3 Å². The van der Waals surface area contributed by atoms with Crippen LogP contribution in [0.3, 0.4) is 0 Å². The number of anilines is 3. The van der Waals surface area contributed by atoms with Gasteiger partial charge < -0.3 is 21.3 Å². The number of carbonyl (C=O) groups is 2. The number of hydrogen-bond acceptors (Lipinski definition) is 7. The molecule has 2 amide bonds. The summed E-state index contributed by atoms with van der Waals surface area (Å²) in [6, 6.07) is 15.2. The molecule has 0 bridgehead atoms. The first kappa shape index (κ1) is 20.8. The summed E-state index contributed by atoms with van der Waals surface area (Å²) in [5.41, 5.74) is 6.73. The van der Waals surface area contributed by atoms with Crippen LogP contribution in [0.4, 0.5) is 16.0 Å². The molecular weight excluding hydrogens is 412 g/mol. The number of carbonyl (C=O) groups excluding carboxylic acids is 2. The predicted molar refractivity (Wildman–Crippen MR) is 122 cm³/mol. The molecule has 31 heavy (non-hydrogen) atoms. The van der Waals surface area contributed by atoms with Gasteiger partial charge in [-0.1, -0.05) is 47.7 Å². The van der Waals surface area contributed by atoms with Crippen molar-refractivity contribution in [2.24, 2.45) is 5.73 Å². The molecule has 1 aliphatic rings. The highest BCUT2D eigenvalue weighted by atomic mass is 32.1. The number of thiazole rings is 1. The SMILES string of the molecule is NC(=O)c1nc(N2CCCC(NC(=O)Cc3ccccc3)C2)sc1Nc1ccccn1. The molecule has 4 rings (SSSR count). The first-order valence-corrected chi connectivity index (χ1v) is 11.0. The van der Waals surface area contributed by atoms with Crippen molar-refractivity contribution in [3.8, 4) is 0 Å². The van der Waals surface area contributed by atoms with Crippen molar-refractivity contribution in [1.82, 2.24) is 15.3 Å². The Balaban J connectivity index is 1.43. The fourth-order valence-corrected chi connectivity index (χ4v) is 4.59. The van der Waals surface area contributed by atoms with Crippen molar-refractivity contribution in [2.45, 2.75) is 25.3 Å². The minimum atomic E-state index is -0.592. The number of primary amides is 1. The molecule has 0 saturated carbocycles. The molecule has 4 N–H and O–H groups in total. The number of rotatable bonds is 7. The van der Waals surface area contributed by atoms with E-state index in [9.17, 15) is 9.59 Å². The first-order valence-electron chi connectivity index (χ1n) is 10.2. The lowest BCUT2D eigenvalue weighted by molar-refractivity contribution is -0.121. The summed E-state index contributed by atoms with van der Waals surface area (Å²) < 4.78 is 0. The highest BCUT2D eigenvalue weighted by Crippen LogP contribution is 2.34. The first-order chi connectivity index (χ1) is 15.1. The predicted octanol–water partition coefficient (Wildman–Crippen LogP) is 2.71. The fraction of sp³-hybridized carbons (Fsp3) is 0.273. The zero-order valence-electron chi connectivity index (χ0n) is 17.0. The van der Waals surface area contributed by atoms with Gasteiger partial charge in [0.2, 0.25) is 5.91 Å². The highest BCUT2D eigenvalue weighted by molar-refractivity contribution is 7.20. The van der Waals surface area contributed by atoms with E-state index in [0.29, 0.717) is 28.9 Å². The van der Waals surface area contributed by atoms with Crippen molar-refractivity contribution in [2.75, 3.05) is 23.3 Å². The molecule has 3 aromatic rings. The van der Waals surface area contributed by atoms with Gasteiger partial charge >= 0.3 is 0 Å². The average Bonchev–Trinajstić information content (AvgIpc) is 3.19. The molecule has 1 saturated heterocycles. The summed E-state index contributed by atoms with van der Waals surface area (Å²) in [5.74, 6) is 0.0306. The zero-order chi connectivity index (χ0) is 21.6. The maximum Gasteiger partial charge on any atom is 0.270 e. The summed E-state index contributed by atoms with van der Waals surface area (Å²) in [6.07, 6.45) is 3.86. The Morgan fingerprint density at radius 3 is 2.71 bits per heavy atom. The van der Waals surface area contributed by atoms with E-state index in [2.05, 4.69) is 25.5 Å². The quantitative estimate of drug-likeness (QED) is 0.525. The lowest BCUT2D eigenvalue weighted by Crippen LogP contribution is -2.48. The molecule has 2 aromatic heterocycles. The lowest BCUT2D eigenvalue weighted by Gasteiger charge is -2.33. The minimum Gasteiger partial charge on any atom is -0.364 e. The van der Waals surface area contributed by atoms with Crippen LogP contribution in [0, 0.1) is 0 Å². The van der Waals surface area contributed by atoms with Gasteiger partial charge in [-0.3, -0.25) is 9.59 Å². The second-order valence-electron chi connectivity index (χ2n) is 7.39. The van der Waals surface area contributed by atoms with E-state index < -0.39 is 5.91 Å². The van der Waals surface area contributed by atoms with Gasteiger partial charge in [0.15, 0.2) is 10.8 Å². The normalized spacial score (nSPS) is 16.0. The second-order valence-corrected chi connectivity index (χ2v) is 8.37. The summed E-state index contributed by atoms with van der Waals surface area (Å²) in [7, 11) is 0. The van der Waals surface area contributed by atoms with E-state index in [-0.39, 0.29) is 17.6 Å². The number of piperidine rings is 1. The van der Waals surface area contributed by atoms with Crippen LogP contribution in [-0.2, 0) is 11.2 Å². The average molecular weight is 437 g/mol. The van der Waals surface area contributed by atoms with E-state index in [1.54, 1.807) is 6.20 Å². The van der Waals surface area contributed by atoms with Crippen LogP contribution in [0.1, 0.15) is 28.9 Å². The Labute approximate surface area is 184 Å². The molecule has 1 fully saturated rings. The van der Waals surface area contributed by atoms with Crippen molar-refractivity contribution in [3.05, 3.63) is 66.0 Å². The molecule has 9 heteroatoms. The third-order valence-corrected chi connectivity index (χ3v) is 6.05. The highest BCUT2D eigenvalue weighted by Gasteiger charge is 2.26. The Morgan fingerprint density at radius 2 is 1.97 bits per heavy atom. The van der Waals surface area contributed by atoms with E-state index in [0.717, 1.165) is 24.9 Å². The number of nitrogens with zero attached hydrogens (tertiary/aromatic N) is 3. The summed E-state index contributed by atoms with van der Waals surface area (Å²) in [4.78, 5) is 35.2. The number of hydrogen-bond donors (Lipinski definition) is 3. The van der Waals surface area contributed by atoms with Gasteiger partial charge in [-0.05, 0) is 30.5 Å². The van der Waals surface area contributed by atoms with Crippen LogP contribution in [-0.4, -0.2) is 40.9 Å². The van der Waals surface area contributed by atoms with Gasteiger partial charge in [0.25, 0.3) is 5.91 Å². The molecule has 8 nitrogen and oxygen atoms in total. The van der Waals surface area contributed by atoms with Crippen LogP contribution in [0.5, 0.6) is 0 Å². The third kappa shape index (κ3) is 5.37. The molecule has 0 radical (unpaired) electrons. The number of amides is 2. The Bertz CT molecular complexity index is 1040. The minimum absolute atomic E-state index is 0.00696. The summed E-state index contributed by atoms with van der Waals surface area (Å²) >= 11 is 1.36. The van der Waals surface area contributed by atoms with E-state index >= 15 is 0 Å². The Kier molecular flexibility index (Phi) is 6.42. The summed E-state index contributed by atoms with van der Waals surface area (Å²) in [6.45, 7) is 1.44. The van der Waals surface area contributed by atoms with Crippen molar-refractivity contribution >= 4 is 39.1 Å². The maximum atomic E-state index is 12.5. The maximum absolute atomic E-state index is 12.5. The van der Waals surface area contributed by atoms with Crippen LogP contribution in [0.15, 0.2) is 54.7 Å². The number of benzene rings is 1. The van der Waals surface area contributed by atoms with Gasteiger partial charge in [-0.15, -0.1) is 0 Å². The zero-order valence-corrected chi connectivity index (χ0v) is 17.8. The molecule has 1 unspecified atom stereocenters. The second kappa shape index (κ2) is 9.57. The number of pyridine rings is 1. The standard InChI is InChI=1S/C22H24N6O2S/c23-20(30)19-21(26-17-10-4-5-11-24-17)31-22(27-19)28-12-6-9-16(14-28)25-18(29)13-15-7-2-1-3-8-15/h1-5,7-8,10-11,16H,6,9,12-14H2,(H2,23,30)(H,24,26)(H,25,29). The fourth-order valence-electron chi connectivity index (χ4n) is 3.58. The van der Waals surface area contributed by atoms with Gasteiger partial charge in [0.05, 0.1) is 6.42 Å². The molecule has 0 aliphatic carbocycles. The van der Waals surface area contributed by atoms with Crippen LogP contribution in [0.2, 0.25) is 0 Å². The van der Waals surface area contributed by atoms with Gasteiger partial charge in [-0.25, -0.2) is 9.97 Å². The van der Waals surface area contributed by atoms with Crippen LogP contribution >= 0.6 is 11.3 Å². The number of nitrogens with two attached hydrogens (primary N) is 1. The lowest BCUT2D eigenvalue weighted by atomic mass is 10.1. The molecule has 3 heterocycles. The van der Waals surface area contributed by atoms with E-state index in [1.807, 2.05) is 48.5 Å². The van der Waals surface area contributed by atoms with Crippen molar-refractivity contribution < 1.29 is 9.59 Å². The monoisotopic (exact) mass is 436 g/mol. The van der Waals surface area contributed by atoms with E-state index in [4.69, 9.17) is 5.73 Å². The topological polar surface area (TPSA) is 113 Å². The number of aromatic nitrogens is 2. The van der Waals surface area contributed by atoms with Gasteiger partial charge in [0.1, 0.15) is 10.8 Å². The van der Waals surface area contributed by atoms with E-state index in [1.165, 1.54) is 11.3 Å². The van der Waals surface area contributed by atoms with Crippen LogP contribution in [0.25, 0.3) is 0 Å². The Hall–Kier alpha value is -3.46. The molecule has 0 spiro atoms. The van der Waals surface area contributed by atoms with Gasteiger partial charge in [0, 0.05) is 25.3 Å².